The zero-order chi connectivity index (χ0) is 7.54. The van der Waals surface area contributed by atoms with E-state index in [9.17, 15) is 0 Å². The number of allylic oxidation sites excluding steroid dienone is 1. The average molecular weight is 171 g/mol. The van der Waals surface area contributed by atoms with Crippen LogP contribution in [0, 0.1) is 13.0 Å². The standard InChI is InChI=1S/C5H8Cl.C3H7.Mg/c1-2-3-4-5-6;1-3-2;/h1-2H,3-5H2;3H,1-2H3;/q2*-1;+2. The predicted molar refractivity (Wildman–Crippen MR) is 50.2 cm³/mol. The molecular weight excluding hydrogens is 156 g/mol. The number of hydrogen-bond acceptors (Lipinski definition) is 0. The molecule has 0 aliphatic heterocycles. The van der Waals surface area contributed by atoms with Crippen molar-refractivity contribution in [1.29, 1.82) is 0 Å². The van der Waals surface area contributed by atoms with Crippen LogP contribution in [0.3, 0.4) is 0 Å². The maximum Gasteiger partial charge on any atom is 2.00 e. The van der Waals surface area contributed by atoms with Crippen molar-refractivity contribution >= 4 is 34.7 Å². The van der Waals surface area contributed by atoms with Gasteiger partial charge < -0.3 is 13.0 Å². The second kappa shape index (κ2) is 22.6. The van der Waals surface area contributed by atoms with E-state index >= 15 is 0 Å². The van der Waals surface area contributed by atoms with Crippen LogP contribution in [0.2, 0.25) is 0 Å². The summed E-state index contributed by atoms with van der Waals surface area (Å²) < 4.78 is 0. The van der Waals surface area contributed by atoms with Gasteiger partial charge in [-0.25, -0.2) is 0 Å². The van der Waals surface area contributed by atoms with Crippen molar-refractivity contribution in [3.63, 3.8) is 0 Å². The van der Waals surface area contributed by atoms with E-state index < -0.39 is 0 Å². The van der Waals surface area contributed by atoms with Gasteiger partial charge in [0.1, 0.15) is 0 Å². The first-order valence-corrected chi connectivity index (χ1v) is 3.70. The van der Waals surface area contributed by atoms with Gasteiger partial charge in [-0.2, -0.15) is 13.8 Å². The molecule has 0 atom stereocenters. The molecule has 0 saturated carbocycles. The van der Waals surface area contributed by atoms with E-state index in [0.717, 1.165) is 12.8 Å². The molecule has 0 bridgehead atoms. The summed E-state index contributed by atoms with van der Waals surface area (Å²) >= 11 is 5.30. The molecule has 0 aliphatic carbocycles. The average Bonchev–Trinajstić information content (AvgIpc) is 1.86. The molecule has 0 heterocycles. The molecule has 0 radical (unpaired) electrons. The molecule has 0 aromatic carbocycles. The van der Waals surface area contributed by atoms with E-state index in [-0.39, 0.29) is 23.1 Å². The molecule has 2 heteroatoms. The van der Waals surface area contributed by atoms with Gasteiger partial charge in [0.15, 0.2) is 0 Å². The minimum atomic E-state index is 0. The van der Waals surface area contributed by atoms with Crippen LogP contribution in [0.25, 0.3) is 0 Å². The van der Waals surface area contributed by atoms with Crippen molar-refractivity contribution < 1.29 is 0 Å². The number of hydrogen-bond donors (Lipinski definition) is 0. The monoisotopic (exact) mass is 170 g/mol. The zero-order valence-electron chi connectivity index (χ0n) is 6.94. The van der Waals surface area contributed by atoms with E-state index in [1.807, 2.05) is 20.3 Å². The van der Waals surface area contributed by atoms with Gasteiger partial charge in [0.05, 0.1) is 0 Å². The SMILES string of the molecule is C[CH-]C.[CH-]=CCCCCl.[Mg+2]. The Morgan fingerprint density at radius 1 is 1.50 bits per heavy atom. The normalized spacial score (nSPS) is 6.70. The van der Waals surface area contributed by atoms with E-state index in [1.54, 1.807) is 6.08 Å². The largest absolute Gasteiger partial charge is 2.00 e. The Labute approximate surface area is 86.2 Å². The van der Waals surface area contributed by atoms with Gasteiger partial charge >= 0.3 is 23.1 Å². The first-order chi connectivity index (χ1) is 4.33. The Bertz CT molecular complexity index is 46.5. The topological polar surface area (TPSA) is 0 Å². The Hall–Kier alpha value is 0.796. The number of halogens is 1. The van der Waals surface area contributed by atoms with Crippen LogP contribution in [-0.4, -0.2) is 28.9 Å². The van der Waals surface area contributed by atoms with Crippen LogP contribution in [-0.2, 0) is 0 Å². The second-order valence-electron chi connectivity index (χ2n) is 1.64. The molecule has 0 aromatic heterocycles. The molecule has 0 fully saturated rings. The molecule has 0 unspecified atom stereocenters. The molecule has 0 nitrogen and oxygen atoms in total. The molecule has 56 valence electrons. The summed E-state index contributed by atoms with van der Waals surface area (Å²) in [5.74, 6) is 0.716. The van der Waals surface area contributed by atoms with Crippen LogP contribution in [0.5, 0.6) is 0 Å². The molecule has 0 N–H and O–H groups in total. The summed E-state index contributed by atoms with van der Waals surface area (Å²) in [6.07, 6.45) is 5.56. The Balaban J connectivity index is -0.000000107. The molecule has 0 saturated heterocycles. The maximum absolute atomic E-state index is 5.30. The van der Waals surface area contributed by atoms with Crippen molar-refractivity contribution in [3.05, 3.63) is 19.1 Å². The number of alkyl halides is 1. The third-order valence-corrected chi connectivity index (χ3v) is 0.772. The van der Waals surface area contributed by atoms with Crippen molar-refractivity contribution in [3.8, 4) is 0 Å². The van der Waals surface area contributed by atoms with E-state index in [4.69, 9.17) is 18.2 Å². The van der Waals surface area contributed by atoms with Crippen molar-refractivity contribution in [2.24, 2.45) is 0 Å². The third kappa shape index (κ3) is 37.1. The van der Waals surface area contributed by atoms with Crippen molar-refractivity contribution in [2.75, 3.05) is 5.88 Å². The quantitative estimate of drug-likeness (QED) is 0.265. The van der Waals surface area contributed by atoms with Crippen LogP contribution < -0.4 is 0 Å². The predicted octanol–water partition coefficient (Wildman–Crippen LogP) is 2.84. The van der Waals surface area contributed by atoms with Crippen LogP contribution >= 0.6 is 11.6 Å². The van der Waals surface area contributed by atoms with Gasteiger partial charge in [-0.3, -0.25) is 6.08 Å². The minimum absolute atomic E-state index is 0. The second-order valence-corrected chi connectivity index (χ2v) is 2.02. The fourth-order valence-electron chi connectivity index (χ4n) is 0.195. The van der Waals surface area contributed by atoms with E-state index in [2.05, 4.69) is 0 Å². The number of rotatable bonds is 3. The third-order valence-electron chi connectivity index (χ3n) is 0.504. The van der Waals surface area contributed by atoms with Crippen molar-refractivity contribution in [2.45, 2.75) is 26.7 Å². The Morgan fingerprint density at radius 2 is 1.90 bits per heavy atom. The van der Waals surface area contributed by atoms with Crippen LogP contribution in [0.15, 0.2) is 6.08 Å². The molecule has 0 aliphatic rings. The van der Waals surface area contributed by atoms with Gasteiger partial charge in [-0.05, 0) is 6.42 Å². The Morgan fingerprint density at radius 3 is 2.00 bits per heavy atom. The fourth-order valence-corrected chi connectivity index (χ4v) is 0.349. The molecule has 0 spiro atoms. The fraction of sp³-hybridized carbons (Fsp3) is 0.625. The van der Waals surface area contributed by atoms with E-state index in [0.29, 0.717) is 5.88 Å². The summed E-state index contributed by atoms with van der Waals surface area (Å²) in [5, 5.41) is 0. The van der Waals surface area contributed by atoms with Crippen LogP contribution in [0.4, 0.5) is 0 Å². The summed E-state index contributed by atoms with van der Waals surface area (Å²) in [6.45, 7) is 9.03. The minimum Gasteiger partial charge on any atom is -0.518 e. The van der Waals surface area contributed by atoms with E-state index in [1.165, 1.54) is 0 Å². The summed E-state index contributed by atoms with van der Waals surface area (Å²) in [6, 6.07) is 0. The summed E-state index contributed by atoms with van der Waals surface area (Å²) in [5.41, 5.74) is 0. The molecule has 0 amide bonds. The van der Waals surface area contributed by atoms with Gasteiger partial charge in [-0.15, -0.1) is 11.6 Å². The van der Waals surface area contributed by atoms with Crippen LogP contribution in [0.1, 0.15) is 26.7 Å². The van der Waals surface area contributed by atoms with Gasteiger partial charge in [0, 0.05) is 5.88 Å². The zero-order valence-corrected chi connectivity index (χ0v) is 9.11. The maximum atomic E-state index is 5.30. The molecular formula is C8H15ClMg. The van der Waals surface area contributed by atoms with Gasteiger partial charge in [0.2, 0.25) is 0 Å². The molecule has 0 aromatic rings. The molecule has 10 heavy (non-hydrogen) atoms. The first-order valence-electron chi connectivity index (χ1n) is 3.16. The smallest absolute Gasteiger partial charge is 0.518 e. The van der Waals surface area contributed by atoms with Gasteiger partial charge in [0.25, 0.3) is 0 Å². The Kier molecular flexibility index (Phi) is 38.5. The first kappa shape index (κ1) is 17.0. The van der Waals surface area contributed by atoms with Gasteiger partial charge in [-0.1, -0.05) is 6.42 Å². The van der Waals surface area contributed by atoms with Crippen molar-refractivity contribution in [1.82, 2.24) is 0 Å². The summed E-state index contributed by atoms with van der Waals surface area (Å²) in [7, 11) is 0. The summed E-state index contributed by atoms with van der Waals surface area (Å²) in [4.78, 5) is 0. The molecule has 0 rings (SSSR count). The number of unbranched alkanes of at least 4 members (excludes halogenated alkanes) is 1.